The van der Waals surface area contributed by atoms with Crippen LogP contribution in [0.3, 0.4) is 0 Å². The van der Waals surface area contributed by atoms with E-state index >= 15 is 0 Å². The molecule has 90 valence electrons. The average Bonchev–Trinajstić information content (AvgIpc) is 2.71. The van der Waals surface area contributed by atoms with Gasteiger partial charge >= 0.3 is 0 Å². The first-order chi connectivity index (χ1) is 8.11. The molecular formula is C12H15N3OS. The standard InChI is InChI=1S/C12H15N3OS/c1-12(2,8-16)7-13-15-11-14-9-5-3-4-6-10(9)17-11/h3-7,16H,8H2,1-2H3,(H,14,15)/b13-7-. The molecule has 2 aromatic rings. The van der Waals surface area contributed by atoms with Crippen LogP contribution in [0.1, 0.15) is 13.8 Å². The molecule has 1 heterocycles. The number of anilines is 1. The maximum Gasteiger partial charge on any atom is 0.204 e. The van der Waals surface area contributed by atoms with Crippen LogP contribution >= 0.6 is 11.3 Å². The third-order valence-electron chi connectivity index (χ3n) is 2.28. The molecular weight excluding hydrogens is 234 g/mol. The second kappa shape index (κ2) is 4.81. The number of fused-ring (bicyclic) bond motifs is 1. The molecule has 0 saturated carbocycles. The Morgan fingerprint density at radius 3 is 2.94 bits per heavy atom. The molecule has 2 rings (SSSR count). The summed E-state index contributed by atoms with van der Waals surface area (Å²) in [5, 5.41) is 13.9. The van der Waals surface area contributed by atoms with Crippen molar-refractivity contribution in [3.63, 3.8) is 0 Å². The molecule has 0 spiro atoms. The topological polar surface area (TPSA) is 57.5 Å². The van der Waals surface area contributed by atoms with Crippen molar-refractivity contribution in [1.29, 1.82) is 0 Å². The molecule has 0 fully saturated rings. The van der Waals surface area contributed by atoms with Gasteiger partial charge in [-0.05, 0) is 12.1 Å². The number of hydrogen-bond acceptors (Lipinski definition) is 5. The van der Waals surface area contributed by atoms with Crippen LogP contribution in [0.25, 0.3) is 10.2 Å². The van der Waals surface area contributed by atoms with Crippen molar-refractivity contribution in [3.05, 3.63) is 24.3 Å². The summed E-state index contributed by atoms with van der Waals surface area (Å²) < 4.78 is 1.13. The van der Waals surface area contributed by atoms with E-state index < -0.39 is 0 Å². The minimum atomic E-state index is -0.316. The van der Waals surface area contributed by atoms with Crippen molar-refractivity contribution >= 4 is 32.9 Å². The number of hydrazone groups is 1. The van der Waals surface area contributed by atoms with Gasteiger partial charge < -0.3 is 5.11 Å². The molecule has 17 heavy (non-hydrogen) atoms. The minimum Gasteiger partial charge on any atom is -0.395 e. The number of rotatable bonds is 4. The number of nitrogens with one attached hydrogen (secondary N) is 1. The van der Waals surface area contributed by atoms with Gasteiger partial charge in [-0.1, -0.05) is 37.3 Å². The molecule has 0 atom stereocenters. The summed E-state index contributed by atoms with van der Waals surface area (Å²) in [4.78, 5) is 4.39. The van der Waals surface area contributed by atoms with Crippen LogP contribution in [0.15, 0.2) is 29.4 Å². The molecule has 0 aliphatic rings. The van der Waals surface area contributed by atoms with Gasteiger partial charge in [0.1, 0.15) is 0 Å². The van der Waals surface area contributed by atoms with Crippen LogP contribution in [0, 0.1) is 5.41 Å². The smallest absolute Gasteiger partial charge is 0.204 e. The quantitative estimate of drug-likeness (QED) is 0.647. The Morgan fingerprint density at radius 1 is 1.47 bits per heavy atom. The number of para-hydroxylation sites is 1. The maximum absolute atomic E-state index is 9.07. The second-order valence-electron chi connectivity index (χ2n) is 4.50. The molecule has 2 N–H and O–H groups in total. The third kappa shape index (κ3) is 3.01. The average molecular weight is 249 g/mol. The number of aliphatic hydroxyl groups is 1. The Morgan fingerprint density at radius 2 is 2.24 bits per heavy atom. The lowest BCUT2D eigenvalue weighted by Crippen LogP contribution is -2.18. The van der Waals surface area contributed by atoms with E-state index in [0.717, 1.165) is 15.3 Å². The van der Waals surface area contributed by atoms with Gasteiger partial charge in [-0.2, -0.15) is 5.10 Å². The van der Waals surface area contributed by atoms with E-state index in [1.165, 1.54) is 0 Å². The van der Waals surface area contributed by atoms with Gasteiger partial charge in [0.15, 0.2) is 0 Å². The van der Waals surface area contributed by atoms with Gasteiger partial charge in [0, 0.05) is 11.6 Å². The van der Waals surface area contributed by atoms with Gasteiger partial charge in [-0.3, -0.25) is 5.43 Å². The van der Waals surface area contributed by atoms with Gasteiger partial charge in [-0.15, -0.1) is 0 Å². The molecule has 1 aromatic carbocycles. The molecule has 4 nitrogen and oxygen atoms in total. The Balaban J connectivity index is 2.09. The third-order valence-corrected chi connectivity index (χ3v) is 3.22. The zero-order valence-corrected chi connectivity index (χ0v) is 10.7. The van der Waals surface area contributed by atoms with Crippen LogP contribution in [-0.4, -0.2) is 22.9 Å². The number of hydrogen-bond donors (Lipinski definition) is 2. The van der Waals surface area contributed by atoms with E-state index in [1.807, 2.05) is 38.1 Å². The molecule has 0 unspecified atom stereocenters. The Bertz CT molecular complexity index is 500. The number of benzene rings is 1. The molecule has 0 bridgehead atoms. The number of nitrogens with zero attached hydrogens (tertiary/aromatic N) is 2. The zero-order valence-electron chi connectivity index (χ0n) is 9.84. The second-order valence-corrected chi connectivity index (χ2v) is 5.53. The SMILES string of the molecule is CC(C)(/C=N\Nc1nc2ccccc2s1)CO. The monoisotopic (exact) mass is 249 g/mol. The summed E-state index contributed by atoms with van der Waals surface area (Å²) in [5.41, 5.74) is 3.54. The summed E-state index contributed by atoms with van der Waals surface area (Å²) in [6.07, 6.45) is 1.69. The van der Waals surface area contributed by atoms with Crippen LogP contribution in [0.4, 0.5) is 5.13 Å². The van der Waals surface area contributed by atoms with E-state index in [1.54, 1.807) is 17.6 Å². The number of aromatic nitrogens is 1. The molecule has 0 saturated heterocycles. The van der Waals surface area contributed by atoms with E-state index in [-0.39, 0.29) is 12.0 Å². The van der Waals surface area contributed by atoms with Crippen molar-refractivity contribution in [2.45, 2.75) is 13.8 Å². The van der Waals surface area contributed by atoms with Crippen molar-refractivity contribution in [3.8, 4) is 0 Å². The summed E-state index contributed by atoms with van der Waals surface area (Å²) >= 11 is 1.56. The van der Waals surface area contributed by atoms with E-state index in [4.69, 9.17) is 5.11 Å². The first kappa shape index (κ1) is 12.0. The fraction of sp³-hybridized carbons (Fsp3) is 0.333. The van der Waals surface area contributed by atoms with Gasteiger partial charge in [0.25, 0.3) is 0 Å². The highest BCUT2D eigenvalue weighted by Crippen LogP contribution is 2.25. The lowest BCUT2D eigenvalue weighted by Gasteiger charge is -2.13. The highest BCUT2D eigenvalue weighted by atomic mass is 32.1. The first-order valence-electron chi connectivity index (χ1n) is 5.37. The largest absolute Gasteiger partial charge is 0.395 e. The molecule has 0 aliphatic carbocycles. The predicted octanol–water partition coefficient (Wildman–Crippen LogP) is 2.71. The first-order valence-corrected chi connectivity index (χ1v) is 6.19. The summed E-state index contributed by atoms with van der Waals surface area (Å²) in [6.45, 7) is 3.89. The minimum absolute atomic E-state index is 0.0675. The molecule has 0 aliphatic heterocycles. The Kier molecular flexibility index (Phi) is 3.40. The fourth-order valence-corrected chi connectivity index (χ4v) is 2.04. The number of thiazole rings is 1. The maximum atomic E-state index is 9.07. The Labute approximate surface area is 104 Å². The summed E-state index contributed by atoms with van der Waals surface area (Å²) in [6, 6.07) is 7.95. The molecule has 0 radical (unpaired) electrons. The number of aliphatic hydroxyl groups excluding tert-OH is 1. The van der Waals surface area contributed by atoms with Crippen molar-refractivity contribution in [2.24, 2.45) is 10.5 Å². The highest BCUT2D eigenvalue weighted by Gasteiger charge is 2.12. The van der Waals surface area contributed by atoms with Crippen molar-refractivity contribution in [2.75, 3.05) is 12.0 Å². The summed E-state index contributed by atoms with van der Waals surface area (Å²) in [5.74, 6) is 0. The molecule has 1 aromatic heterocycles. The van der Waals surface area contributed by atoms with Crippen LogP contribution in [-0.2, 0) is 0 Å². The lowest BCUT2D eigenvalue weighted by atomic mass is 9.97. The normalized spacial score (nSPS) is 12.4. The van der Waals surface area contributed by atoms with Gasteiger partial charge in [0.2, 0.25) is 5.13 Å². The Hall–Kier alpha value is -1.46. The van der Waals surface area contributed by atoms with E-state index in [2.05, 4.69) is 15.5 Å². The highest BCUT2D eigenvalue weighted by molar-refractivity contribution is 7.22. The molecule has 5 heteroatoms. The van der Waals surface area contributed by atoms with E-state index in [9.17, 15) is 0 Å². The van der Waals surface area contributed by atoms with Crippen LogP contribution < -0.4 is 5.43 Å². The predicted molar refractivity (Wildman–Crippen MR) is 72.6 cm³/mol. The fourth-order valence-electron chi connectivity index (χ4n) is 1.22. The van der Waals surface area contributed by atoms with Gasteiger partial charge in [0.05, 0.1) is 16.8 Å². The lowest BCUT2D eigenvalue weighted by molar-refractivity contribution is 0.216. The summed E-state index contributed by atoms with van der Waals surface area (Å²) in [7, 11) is 0. The van der Waals surface area contributed by atoms with Crippen molar-refractivity contribution in [1.82, 2.24) is 4.98 Å². The van der Waals surface area contributed by atoms with Gasteiger partial charge in [-0.25, -0.2) is 4.98 Å². The zero-order chi connectivity index (χ0) is 12.3. The van der Waals surface area contributed by atoms with Crippen LogP contribution in [0.2, 0.25) is 0 Å². The van der Waals surface area contributed by atoms with Crippen LogP contribution in [0.5, 0.6) is 0 Å². The molecule has 0 amide bonds. The van der Waals surface area contributed by atoms with E-state index in [0.29, 0.717) is 0 Å². The van der Waals surface area contributed by atoms with Crippen molar-refractivity contribution < 1.29 is 5.11 Å².